The molecule has 1 aliphatic rings. The van der Waals surface area contributed by atoms with E-state index < -0.39 is 11.7 Å². The van der Waals surface area contributed by atoms with Crippen LogP contribution in [0.5, 0.6) is 0 Å². The first kappa shape index (κ1) is 11.3. The molecule has 1 saturated carbocycles. The van der Waals surface area contributed by atoms with Crippen molar-refractivity contribution in [1.29, 1.82) is 0 Å². The van der Waals surface area contributed by atoms with Crippen molar-refractivity contribution in [3.8, 4) is 11.3 Å². The number of alkyl halides is 3. The quantitative estimate of drug-likeness (QED) is 0.860. The van der Waals surface area contributed by atoms with Gasteiger partial charge < -0.3 is 0 Å². The van der Waals surface area contributed by atoms with Crippen molar-refractivity contribution in [3.63, 3.8) is 0 Å². The highest BCUT2D eigenvalue weighted by atomic mass is 19.4. The zero-order valence-corrected chi connectivity index (χ0v) is 9.46. The van der Waals surface area contributed by atoms with E-state index >= 15 is 0 Å². The molecule has 18 heavy (non-hydrogen) atoms. The van der Waals surface area contributed by atoms with Gasteiger partial charge in [0.2, 0.25) is 0 Å². The molecule has 2 aromatic rings. The van der Waals surface area contributed by atoms with Gasteiger partial charge in [-0.2, -0.15) is 18.3 Å². The van der Waals surface area contributed by atoms with Gasteiger partial charge in [-0.25, -0.2) is 0 Å². The van der Waals surface area contributed by atoms with E-state index in [4.69, 9.17) is 0 Å². The number of rotatable bonds is 2. The van der Waals surface area contributed by atoms with Gasteiger partial charge in [0.15, 0.2) is 0 Å². The van der Waals surface area contributed by atoms with Crippen molar-refractivity contribution in [2.75, 3.05) is 0 Å². The summed E-state index contributed by atoms with van der Waals surface area (Å²) in [5.41, 5.74) is 0.970. The molecular weight excluding hydrogens is 241 g/mol. The highest BCUT2D eigenvalue weighted by Gasteiger charge is 2.35. The molecule has 0 bridgehead atoms. The average molecular weight is 252 g/mol. The highest BCUT2D eigenvalue weighted by molar-refractivity contribution is 5.68. The van der Waals surface area contributed by atoms with Crippen LogP contribution in [-0.4, -0.2) is 10.2 Å². The smallest absolute Gasteiger partial charge is 0.278 e. The molecule has 5 heteroatoms. The number of nitrogens with one attached hydrogen (secondary N) is 1. The van der Waals surface area contributed by atoms with Crippen LogP contribution >= 0.6 is 0 Å². The Bertz CT molecular complexity index is 568. The van der Waals surface area contributed by atoms with Crippen LogP contribution in [0, 0.1) is 0 Å². The molecule has 1 N–H and O–H groups in total. The standard InChI is InChI=1S/C13H11F3N2/c14-13(15,16)11-4-2-1-3-9(11)12-10(7-17-18-12)8-5-6-8/h1-4,7-8H,5-6H2,(H,17,18). The Balaban J connectivity index is 2.14. The van der Waals surface area contributed by atoms with Crippen LogP contribution in [0.3, 0.4) is 0 Å². The lowest BCUT2D eigenvalue weighted by Gasteiger charge is -2.12. The van der Waals surface area contributed by atoms with Gasteiger partial charge >= 0.3 is 6.18 Å². The summed E-state index contributed by atoms with van der Waals surface area (Å²) < 4.78 is 38.9. The van der Waals surface area contributed by atoms with Crippen LogP contribution in [0.4, 0.5) is 13.2 Å². The predicted octanol–water partition coefficient (Wildman–Crippen LogP) is 3.97. The summed E-state index contributed by atoms with van der Waals surface area (Å²) in [6, 6.07) is 5.61. The number of aromatic nitrogens is 2. The van der Waals surface area contributed by atoms with Crippen molar-refractivity contribution >= 4 is 0 Å². The molecule has 94 valence electrons. The normalized spacial score (nSPS) is 15.9. The number of hydrogen-bond donors (Lipinski definition) is 1. The predicted molar refractivity (Wildman–Crippen MR) is 61.0 cm³/mol. The molecule has 2 nitrogen and oxygen atoms in total. The first-order valence-corrected chi connectivity index (χ1v) is 5.77. The molecule has 1 aromatic heterocycles. The fourth-order valence-electron chi connectivity index (χ4n) is 2.16. The lowest BCUT2D eigenvalue weighted by atomic mass is 9.99. The van der Waals surface area contributed by atoms with Gasteiger partial charge in [0.05, 0.1) is 17.5 Å². The van der Waals surface area contributed by atoms with Crippen LogP contribution in [0.25, 0.3) is 11.3 Å². The highest BCUT2D eigenvalue weighted by Crippen LogP contribution is 2.45. The number of hydrogen-bond acceptors (Lipinski definition) is 1. The maximum Gasteiger partial charge on any atom is 0.417 e. The number of nitrogens with zero attached hydrogens (tertiary/aromatic N) is 1. The summed E-state index contributed by atoms with van der Waals surface area (Å²) in [6.45, 7) is 0. The Hall–Kier alpha value is -1.78. The molecular formula is C13H11F3N2. The fraction of sp³-hybridized carbons (Fsp3) is 0.308. The van der Waals surface area contributed by atoms with Crippen LogP contribution in [0.1, 0.15) is 29.9 Å². The van der Waals surface area contributed by atoms with Gasteiger partial charge in [-0.05, 0) is 24.8 Å². The first-order valence-electron chi connectivity index (χ1n) is 5.77. The van der Waals surface area contributed by atoms with Crippen molar-refractivity contribution in [2.45, 2.75) is 24.9 Å². The van der Waals surface area contributed by atoms with Crippen LogP contribution < -0.4 is 0 Å². The summed E-state index contributed by atoms with van der Waals surface area (Å²) in [6.07, 6.45) is -0.649. The Labute approximate surface area is 102 Å². The minimum Gasteiger partial charge on any atom is -0.278 e. The Morgan fingerprint density at radius 2 is 1.89 bits per heavy atom. The van der Waals surface area contributed by atoms with E-state index in [1.165, 1.54) is 12.1 Å². The molecule has 0 amide bonds. The lowest BCUT2D eigenvalue weighted by Crippen LogP contribution is -2.07. The van der Waals surface area contributed by atoms with E-state index in [0.717, 1.165) is 24.5 Å². The van der Waals surface area contributed by atoms with Crippen molar-refractivity contribution in [2.24, 2.45) is 0 Å². The third-order valence-electron chi connectivity index (χ3n) is 3.19. The molecule has 1 aliphatic carbocycles. The molecule has 0 atom stereocenters. The van der Waals surface area contributed by atoms with Crippen molar-refractivity contribution in [3.05, 3.63) is 41.6 Å². The van der Waals surface area contributed by atoms with Crippen LogP contribution in [0.2, 0.25) is 0 Å². The molecule has 0 spiro atoms. The van der Waals surface area contributed by atoms with Gasteiger partial charge in [0.25, 0.3) is 0 Å². The summed E-state index contributed by atoms with van der Waals surface area (Å²) in [7, 11) is 0. The largest absolute Gasteiger partial charge is 0.417 e. The third-order valence-corrected chi connectivity index (χ3v) is 3.19. The topological polar surface area (TPSA) is 28.7 Å². The number of benzene rings is 1. The summed E-state index contributed by atoms with van der Waals surface area (Å²) in [5.74, 6) is 0.361. The summed E-state index contributed by atoms with van der Waals surface area (Å²) in [4.78, 5) is 0. The van der Waals surface area contributed by atoms with Gasteiger partial charge in [-0.3, -0.25) is 5.10 Å². The van der Waals surface area contributed by atoms with Gasteiger partial charge in [0, 0.05) is 11.1 Å². The Kier molecular flexibility index (Phi) is 2.43. The van der Waals surface area contributed by atoms with E-state index in [9.17, 15) is 13.2 Å². The molecule has 1 aromatic carbocycles. The second-order valence-electron chi connectivity index (χ2n) is 4.52. The van der Waals surface area contributed by atoms with E-state index in [1.807, 2.05) is 0 Å². The SMILES string of the molecule is FC(F)(F)c1ccccc1-c1[nH]ncc1C1CC1. The minimum absolute atomic E-state index is 0.185. The molecule has 0 unspecified atom stereocenters. The van der Waals surface area contributed by atoms with E-state index in [-0.39, 0.29) is 5.56 Å². The Morgan fingerprint density at radius 3 is 2.56 bits per heavy atom. The monoisotopic (exact) mass is 252 g/mol. The molecule has 0 radical (unpaired) electrons. The first-order chi connectivity index (χ1) is 8.57. The Morgan fingerprint density at radius 1 is 1.17 bits per heavy atom. The fourth-order valence-corrected chi connectivity index (χ4v) is 2.16. The van der Waals surface area contributed by atoms with Gasteiger partial charge in [0.1, 0.15) is 0 Å². The van der Waals surface area contributed by atoms with Crippen molar-refractivity contribution in [1.82, 2.24) is 10.2 Å². The van der Waals surface area contributed by atoms with E-state index in [1.54, 1.807) is 12.3 Å². The lowest BCUT2D eigenvalue weighted by molar-refractivity contribution is -0.137. The zero-order valence-electron chi connectivity index (χ0n) is 9.46. The number of H-pyrrole nitrogens is 1. The van der Waals surface area contributed by atoms with Crippen LogP contribution in [-0.2, 0) is 6.18 Å². The average Bonchev–Trinajstić information content (AvgIpc) is 3.06. The van der Waals surface area contributed by atoms with E-state index in [2.05, 4.69) is 10.2 Å². The van der Waals surface area contributed by atoms with Crippen LogP contribution in [0.15, 0.2) is 30.5 Å². The molecule has 3 rings (SSSR count). The minimum atomic E-state index is -4.34. The maximum atomic E-state index is 13.0. The zero-order chi connectivity index (χ0) is 12.8. The third kappa shape index (κ3) is 1.89. The second-order valence-corrected chi connectivity index (χ2v) is 4.52. The van der Waals surface area contributed by atoms with Crippen molar-refractivity contribution < 1.29 is 13.2 Å². The van der Waals surface area contributed by atoms with Gasteiger partial charge in [-0.1, -0.05) is 18.2 Å². The molecule has 0 aliphatic heterocycles. The number of halogens is 3. The number of aromatic amines is 1. The second kappa shape index (κ2) is 3.86. The molecule has 1 fully saturated rings. The molecule has 1 heterocycles. The van der Waals surface area contributed by atoms with Gasteiger partial charge in [-0.15, -0.1) is 0 Å². The maximum absolute atomic E-state index is 13.0. The summed E-state index contributed by atoms with van der Waals surface area (Å²) >= 11 is 0. The summed E-state index contributed by atoms with van der Waals surface area (Å²) in [5, 5.41) is 6.60. The molecule has 0 saturated heterocycles. The van der Waals surface area contributed by atoms with E-state index in [0.29, 0.717) is 11.6 Å².